The van der Waals surface area contributed by atoms with Crippen LogP contribution < -0.4 is 0 Å². The van der Waals surface area contributed by atoms with Gasteiger partial charge >= 0.3 is 0 Å². The Morgan fingerprint density at radius 2 is 0.923 bits per heavy atom. The predicted octanol–water partition coefficient (Wildman–Crippen LogP) is 9.49. The zero-order chi connectivity index (χ0) is 25.8. The van der Waals surface area contributed by atoms with Gasteiger partial charge in [-0.3, -0.25) is 0 Å². The summed E-state index contributed by atoms with van der Waals surface area (Å²) < 4.78 is 0. The molecule has 0 fully saturated rings. The number of hydrogen-bond acceptors (Lipinski definition) is 1. The molecule has 0 bridgehead atoms. The molecule has 1 heterocycles. The van der Waals surface area contributed by atoms with Crippen molar-refractivity contribution >= 4 is 21.7 Å². The van der Waals surface area contributed by atoms with Gasteiger partial charge in [-0.15, -0.1) is 23.6 Å². The number of nitrogens with zero attached hydrogens (tertiary/aromatic N) is 1. The van der Waals surface area contributed by atoms with Gasteiger partial charge < -0.3 is 4.98 Å². The van der Waals surface area contributed by atoms with Gasteiger partial charge in [0.25, 0.3) is 0 Å². The monoisotopic (exact) mass is 679 g/mol. The molecule has 0 unspecified atom stereocenters. The number of benzene rings is 6. The third kappa shape index (κ3) is 7.17. The summed E-state index contributed by atoms with van der Waals surface area (Å²) >= 11 is 0. The van der Waals surface area contributed by atoms with Gasteiger partial charge in [-0.1, -0.05) is 83.7 Å². The average Bonchev–Trinajstić information content (AvgIpc) is 3.03. The smallest absolute Gasteiger partial charge is 0.0167 e. The van der Waals surface area contributed by atoms with Crippen molar-refractivity contribution in [2.24, 2.45) is 0 Å². The Kier molecular flexibility index (Phi) is 10.4. The minimum atomic E-state index is 0. The Morgan fingerprint density at radius 3 is 1.41 bits per heavy atom. The second kappa shape index (κ2) is 14.6. The molecule has 1 aromatic heterocycles. The van der Waals surface area contributed by atoms with Crippen molar-refractivity contribution in [3.8, 4) is 22.3 Å². The fourth-order valence-electron chi connectivity index (χ4n) is 4.31. The summed E-state index contributed by atoms with van der Waals surface area (Å²) in [6, 6.07) is 60.0. The largest absolute Gasteiger partial charge is 0.304 e. The Labute approximate surface area is 245 Å². The molecular weight excluding hydrogens is 653 g/mol. The van der Waals surface area contributed by atoms with Crippen LogP contribution in [0.25, 0.3) is 43.9 Å². The van der Waals surface area contributed by atoms with Crippen molar-refractivity contribution in [2.45, 2.75) is 0 Å². The molecular formula is C37H26NPt-3. The molecule has 0 saturated heterocycles. The first-order valence-corrected chi connectivity index (χ1v) is 12.6. The minimum Gasteiger partial charge on any atom is -0.304 e. The topological polar surface area (TPSA) is 12.9 Å². The standard InChI is InChI=1S/C25H16N.2C6H5.Pt/c1-3-8-18(9-4-1)20-12-7-13-23-22(20)14-15-24-21(16-17-26-25(23)24)19-10-5-2-6-11-19;2*1-2-4-6-5-3-1;/h1-12,14-17H;2*1-5H;/q3*-1;. The summed E-state index contributed by atoms with van der Waals surface area (Å²) in [7, 11) is 0. The van der Waals surface area contributed by atoms with Gasteiger partial charge in [0.2, 0.25) is 0 Å². The second-order valence-corrected chi connectivity index (χ2v) is 8.52. The molecule has 7 aromatic rings. The Hall–Kier alpha value is -4.32. The first-order chi connectivity index (χ1) is 18.9. The van der Waals surface area contributed by atoms with Crippen molar-refractivity contribution < 1.29 is 21.1 Å². The van der Waals surface area contributed by atoms with E-state index in [-0.39, 0.29) is 21.1 Å². The number of fused-ring (bicyclic) bond motifs is 3. The van der Waals surface area contributed by atoms with Crippen molar-refractivity contribution in [3.63, 3.8) is 0 Å². The van der Waals surface area contributed by atoms with E-state index in [9.17, 15) is 0 Å². The van der Waals surface area contributed by atoms with Gasteiger partial charge in [-0.25, -0.2) is 0 Å². The molecule has 0 atom stereocenters. The summed E-state index contributed by atoms with van der Waals surface area (Å²) in [4.78, 5) is 4.70. The number of rotatable bonds is 2. The fraction of sp³-hybridized carbons (Fsp3) is 0. The number of hydrogen-bond donors (Lipinski definition) is 0. The maximum Gasteiger partial charge on any atom is 0.0167 e. The number of pyridine rings is 1. The van der Waals surface area contributed by atoms with Gasteiger partial charge in [0.15, 0.2) is 0 Å². The third-order valence-corrected chi connectivity index (χ3v) is 6.06. The van der Waals surface area contributed by atoms with Crippen molar-refractivity contribution in [1.29, 1.82) is 0 Å². The van der Waals surface area contributed by atoms with Gasteiger partial charge in [0, 0.05) is 27.3 Å². The van der Waals surface area contributed by atoms with Crippen molar-refractivity contribution in [3.05, 3.63) is 176 Å². The maximum absolute atomic E-state index is 4.70. The van der Waals surface area contributed by atoms with E-state index in [0.29, 0.717) is 0 Å². The SMILES string of the molecule is [Pt].[c-]1ccc(-c2ccccc2)c2ccc3c(-c4ccccc4)ccnc3c12.[c-]1ccccc1.[c-]1ccccc1. The van der Waals surface area contributed by atoms with Gasteiger partial charge in [-0.2, -0.15) is 72.8 Å². The molecule has 2 heteroatoms. The van der Waals surface area contributed by atoms with E-state index in [0.717, 1.165) is 16.3 Å². The molecule has 192 valence electrons. The molecule has 39 heavy (non-hydrogen) atoms. The molecule has 0 aliphatic carbocycles. The molecule has 7 rings (SSSR count). The van der Waals surface area contributed by atoms with E-state index in [1.54, 1.807) is 0 Å². The van der Waals surface area contributed by atoms with E-state index in [2.05, 4.69) is 91.0 Å². The van der Waals surface area contributed by atoms with E-state index in [4.69, 9.17) is 4.98 Å². The van der Waals surface area contributed by atoms with Crippen LogP contribution in [0, 0.1) is 18.2 Å². The van der Waals surface area contributed by atoms with Crippen molar-refractivity contribution in [2.75, 3.05) is 0 Å². The van der Waals surface area contributed by atoms with Crippen LogP contribution in [0.2, 0.25) is 0 Å². The zero-order valence-corrected chi connectivity index (χ0v) is 23.5. The molecule has 1 nitrogen and oxygen atoms in total. The predicted molar refractivity (Wildman–Crippen MR) is 160 cm³/mol. The van der Waals surface area contributed by atoms with Crippen LogP contribution >= 0.6 is 0 Å². The van der Waals surface area contributed by atoms with Crippen LogP contribution in [0.4, 0.5) is 0 Å². The van der Waals surface area contributed by atoms with Gasteiger partial charge in [0.1, 0.15) is 0 Å². The van der Waals surface area contributed by atoms with Crippen molar-refractivity contribution in [1.82, 2.24) is 4.98 Å². The molecule has 0 saturated carbocycles. The maximum atomic E-state index is 4.70. The van der Waals surface area contributed by atoms with Crippen LogP contribution in [0.1, 0.15) is 0 Å². The Balaban J connectivity index is 0.000000224. The van der Waals surface area contributed by atoms with Crippen LogP contribution in [0.15, 0.2) is 158 Å². The van der Waals surface area contributed by atoms with Crippen LogP contribution in [-0.2, 0) is 21.1 Å². The van der Waals surface area contributed by atoms with E-state index < -0.39 is 0 Å². The molecule has 6 aromatic carbocycles. The fourth-order valence-corrected chi connectivity index (χ4v) is 4.31. The summed E-state index contributed by atoms with van der Waals surface area (Å²) in [6.07, 6.45) is 1.90. The summed E-state index contributed by atoms with van der Waals surface area (Å²) in [5.74, 6) is 0. The molecule has 0 N–H and O–H groups in total. The zero-order valence-electron chi connectivity index (χ0n) is 21.3. The summed E-state index contributed by atoms with van der Waals surface area (Å²) in [5, 5.41) is 3.42. The Morgan fingerprint density at radius 1 is 0.436 bits per heavy atom. The quantitative estimate of drug-likeness (QED) is 0.131. The third-order valence-electron chi connectivity index (χ3n) is 6.06. The first-order valence-electron chi connectivity index (χ1n) is 12.6. The van der Waals surface area contributed by atoms with Crippen LogP contribution in [-0.4, -0.2) is 4.98 Å². The average molecular weight is 680 g/mol. The second-order valence-electron chi connectivity index (χ2n) is 8.52. The normalized spacial score (nSPS) is 9.85. The molecule has 0 radical (unpaired) electrons. The van der Waals surface area contributed by atoms with Gasteiger partial charge in [0.05, 0.1) is 0 Å². The van der Waals surface area contributed by atoms with E-state index in [1.165, 1.54) is 27.6 Å². The Bertz CT molecular complexity index is 1500. The van der Waals surface area contributed by atoms with Crippen LogP contribution in [0.5, 0.6) is 0 Å². The number of aromatic nitrogens is 1. The molecule has 0 aliphatic rings. The molecule has 0 spiro atoms. The van der Waals surface area contributed by atoms with E-state index in [1.807, 2.05) is 85.1 Å². The molecule has 0 amide bonds. The molecule has 0 aliphatic heterocycles. The summed E-state index contributed by atoms with van der Waals surface area (Å²) in [5.41, 5.74) is 5.84. The van der Waals surface area contributed by atoms with Crippen LogP contribution in [0.3, 0.4) is 0 Å². The van der Waals surface area contributed by atoms with E-state index >= 15 is 0 Å². The minimum absolute atomic E-state index is 0. The first kappa shape index (κ1) is 27.7. The summed E-state index contributed by atoms with van der Waals surface area (Å²) in [6.45, 7) is 0. The van der Waals surface area contributed by atoms with Gasteiger partial charge in [-0.05, 0) is 33.7 Å².